The molecule has 4 N–H and O–H groups in total. The van der Waals surface area contributed by atoms with Gasteiger partial charge in [-0.2, -0.15) is 0 Å². The van der Waals surface area contributed by atoms with E-state index in [1.165, 1.54) is 11.3 Å². The third-order valence-corrected chi connectivity index (χ3v) is 4.88. The zero-order valence-electron chi connectivity index (χ0n) is 11.1. The van der Waals surface area contributed by atoms with E-state index in [1.54, 1.807) is 0 Å². The number of nitrogens with one attached hydrogen (secondary N) is 1. The fourth-order valence-electron chi connectivity index (χ4n) is 2.04. The van der Waals surface area contributed by atoms with E-state index in [0.717, 1.165) is 21.0 Å². The molecule has 20 heavy (non-hydrogen) atoms. The summed E-state index contributed by atoms with van der Waals surface area (Å²) in [6.07, 6.45) is 1.33. The van der Waals surface area contributed by atoms with Gasteiger partial charge in [-0.05, 0) is 31.0 Å². The Bertz CT molecular complexity index is 627. The summed E-state index contributed by atoms with van der Waals surface area (Å²) in [5.41, 5.74) is 6.60. The van der Waals surface area contributed by atoms with Crippen molar-refractivity contribution in [1.29, 1.82) is 0 Å². The topological polar surface area (TPSA) is 75.3 Å². The smallest absolute Gasteiger partial charge is 0.263 e. The molecule has 0 radical (unpaired) electrons. The summed E-state index contributed by atoms with van der Waals surface area (Å²) in [6, 6.07) is 5.77. The number of halogens is 1. The molecule has 1 aromatic heterocycles. The van der Waals surface area contributed by atoms with Crippen LogP contribution in [0.15, 0.2) is 22.7 Å². The van der Waals surface area contributed by atoms with Crippen molar-refractivity contribution in [3.05, 3.63) is 27.5 Å². The van der Waals surface area contributed by atoms with Crippen LogP contribution in [0.3, 0.4) is 0 Å². The molecule has 1 aromatic carbocycles. The van der Waals surface area contributed by atoms with Gasteiger partial charge in [-0.15, -0.1) is 11.3 Å². The molecule has 1 atom stereocenters. The van der Waals surface area contributed by atoms with Crippen molar-refractivity contribution in [2.45, 2.75) is 25.8 Å². The van der Waals surface area contributed by atoms with Crippen LogP contribution in [0.4, 0.5) is 5.69 Å². The maximum atomic E-state index is 12.3. The Morgan fingerprint density at radius 3 is 2.95 bits per heavy atom. The van der Waals surface area contributed by atoms with Crippen LogP contribution < -0.4 is 11.1 Å². The number of carbonyl (C=O) groups is 1. The highest BCUT2D eigenvalue weighted by atomic mass is 79.9. The Hall–Kier alpha value is -1.11. The van der Waals surface area contributed by atoms with Crippen LogP contribution in [-0.4, -0.2) is 23.7 Å². The third kappa shape index (κ3) is 3.13. The number of thiophene rings is 1. The molecule has 2 aromatic rings. The minimum absolute atomic E-state index is 0.0242. The fraction of sp³-hybridized carbons (Fsp3) is 0.357. The molecule has 0 fully saturated rings. The Morgan fingerprint density at radius 2 is 2.30 bits per heavy atom. The maximum absolute atomic E-state index is 12.3. The van der Waals surface area contributed by atoms with E-state index < -0.39 is 0 Å². The molecule has 0 bridgehead atoms. The molecule has 0 aliphatic heterocycles. The average molecular weight is 357 g/mol. The summed E-state index contributed by atoms with van der Waals surface area (Å²) in [6.45, 7) is 2.04. The summed E-state index contributed by atoms with van der Waals surface area (Å²) in [4.78, 5) is 12.8. The number of rotatable bonds is 5. The van der Waals surface area contributed by atoms with Crippen molar-refractivity contribution in [2.24, 2.45) is 0 Å². The Balaban J connectivity index is 2.28. The van der Waals surface area contributed by atoms with Crippen LogP contribution in [-0.2, 0) is 0 Å². The Kier molecular flexibility index (Phi) is 5.01. The van der Waals surface area contributed by atoms with Crippen molar-refractivity contribution >= 4 is 48.9 Å². The number of anilines is 1. The van der Waals surface area contributed by atoms with Crippen molar-refractivity contribution in [3.8, 4) is 0 Å². The van der Waals surface area contributed by atoms with Crippen molar-refractivity contribution < 1.29 is 9.90 Å². The lowest BCUT2D eigenvalue weighted by Crippen LogP contribution is -2.34. The number of hydrogen-bond acceptors (Lipinski definition) is 4. The molecule has 0 aliphatic carbocycles. The first-order valence-electron chi connectivity index (χ1n) is 6.46. The Morgan fingerprint density at radius 1 is 1.55 bits per heavy atom. The minimum Gasteiger partial charge on any atom is -0.397 e. The number of carbonyl (C=O) groups excluding carboxylic acids is 1. The van der Waals surface area contributed by atoms with Gasteiger partial charge < -0.3 is 16.2 Å². The molecule has 1 amide bonds. The molecule has 1 heterocycles. The van der Waals surface area contributed by atoms with Crippen LogP contribution in [0.5, 0.6) is 0 Å². The molecule has 1 unspecified atom stereocenters. The molecule has 6 heteroatoms. The number of benzene rings is 1. The number of fused-ring (bicyclic) bond motifs is 1. The van der Waals surface area contributed by atoms with Gasteiger partial charge >= 0.3 is 0 Å². The number of aliphatic hydroxyl groups is 1. The van der Waals surface area contributed by atoms with Gasteiger partial charge in [-0.25, -0.2) is 0 Å². The molecule has 0 aliphatic rings. The molecule has 0 spiro atoms. The highest BCUT2D eigenvalue weighted by molar-refractivity contribution is 9.10. The largest absolute Gasteiger partial charge is 0.397 e. The van der Waals surface area contributed by atoms with Gasteiger partial charge in [0.1, 0.15) is 4.88 Å². The van der Waals surface area contributed by atoms with Gasteiger partial charge in [0.25, 0.3) is 5.91 Å². The van der Waals surface area contributed by atoms with Crippen LogP contribution >= 0.6 is 27.3 Å². The zero-order chi connectivity index (χ0) is 14.7. The second-order valence-electron chi connectivity index (χ2n) is 4.58. The standard InChI is InChI=1S/C14H17BrN2O2S/c1-2-9(5-6-18)17-14(19)13-12(16)10-7-8(15)3-4-11(10)20-13/h3-4,7,9,18H,2,5-6,16H2,1H3,(H,17,19). The number of nitrogen functional groups attached to an aromatic ring is 1. The SMILES string of the molecule is CCC(CCO)NC(=O)c1sc2ccc(Br)cc2c1N. The lowest BCUT2D eigenvalue weighted by molar-refractivity contribution is 0.0934. The fourth-order valence-corrected chi connectivity index (χ4v) is 3.41. The summed E-state index contributed by atoms with van der Waals surface area (Å²) in [5, 5.41) is 12.8. The van der Waals surface area contributed by atoms with Crippen LogP contribution in [0.1, 0.15) is 29.4 Å². The van der Waals surface area contributed by atoms with Gasteiger partial charge in [-0.3, -0.25) is 4.79 Å². The predicted molar refractivity (Wildman–Crippen MR) is 87.2 cm³/mol. The quantitative estimate of drug-likeness (QED) is 0.770. The van der Waals surface area contributed by atoms with E-state index in [0.29, 0.717) is 17.0 Å². The normalized spacial score (nSPS) is 12.6. The first kappa shape index (κ1) is 15.3. The number of aliphatic hydroxyl groups excluding tert-OH is 1. The first-order valence-corrected chi connectivity index (χ1v) is 8.07. The lowest BCUT2D eigenvalue weighted by Gasteiger charge is -2.15. The molecule has 108 valence electrons. The first-order chi connectivity index (χ1) is 9.56. The van der Waals surface area contributed by atoms with Gasteiger partial charge in [-0.1, -0.05) is 22.9 Å². The van der Waals surface area contributed by atoms with Crippen molar-refractivity contribution in [2.75, 3.05) is 12.3 Å². The van der Waals surface area contributed by atoms with Crippen LogP contribution in [0.25, 0.3) is 10.1 Å². The van der Waals surface area contributed by atoms with E-state index >= 15 is 0 Å². The minimum atomic E-state index is -0.167. The van der Waals surface area contributed by atoms with Gasteiger partial charge in [0.2, 0.25) is 0 Å². The highest BCUT2D eigenvalue weighted by Gasteiger charge is 2.18. The number of nitrogens with two attached hydrogens (primary N) is 1. The average Bonchev–Trinajstić information content (AvgIpc) is 2.75. The second kappa shape index (κ2) is 6.56. The number of hydrogen-bond donors (Lipinski definition) is 3. The maximum Gasteiger partial charge on any atom is 0.263 e. The van der Waals surface area contributed by atoms with E-state index in [-0.39, 0.29) is 18.6 Å². The zero-order valence-corrected chi connectivity index (χ0v) is 13.6. The van der Waals surface area contributed by atoms with Crippen LogP contribution in [0.2, 0.25) is 0 Å². The van der Waals surface area contributed by atoms with E-state index in [2.05, 4.69) is 21.2 Å². The van der Waals surface area contributed by atoms with E-state index in [9.17, 15) is 4.79 Å². The van der Waals surface area contributed by atoms with Gasteiger partial charge in [0.15, 0.2) is 0 Å². The molecule has 4 nitrogen and oxygen atoms in total. The second-order valence-corrected chi connectivity index (χ2v) is 6.54. The highest BCUT2D eigenvalue weighted by Crippen LogP contribution is 2.35. The molecule has 0 saturated carbocycles. The molecule has 2 rings (SSSR count). The van der Waals surface area contributed by atoms with Crippen molar-refractivity contribution in [1.82, 2.24) is 5.32 Å². The number of amides is 1. The van der Waals surface area contributed by atoms with Crippen LogP contribution in [0, 0.1) is 0 Å². The van der Waals surface area contributed by atoms with Gasteiger partial charge in [0.05, 0.1) is 5.69 Å². The monoisotopic (exact) mass is 356 g/mol. The molecular formula is C14H17BrN2O2S. The summed E-state index contributed by atoms with van der Waals surface area (Å²) in [5.74, 6) is -0.167. The summed E-state index contributed by atoms with van der Waals surface area (Å²) >= 11 is 4.80. The Labute approximate surface area is 130 Å². The summed E-state index contributed by atoms with van der Waals surface area (Å²) in [7, 11) is 0. The lowest BCUT2D eigenvalue weighted by atomic mass is 10.1. The van der Waals surface area contributed by atoms with Crippen molar-refractivity contribution in [3.63, 3.8) is 0 Å². The van der Waals surface area contributed by atoms with E-state index in [1.807, 2.05) is 25.1 Å². The summed E-state index contributed by atoms with van der Waals surface area (Å²) < 4.78 is 1.93. The van der Waals surface area contributed by atoms with E-state index in [4.69, 9.17) is 10.8 Å². The third-order valence-electron chi connectivity index (χ3n) is 3.20. The molecule has 0 saturated heterocycles. The molecular weight excluding hydrogens is 340 g/mol. The van der Waals surface area contributed by atoms with Gasteiger partial charge in [0, 0.05) is 27.2 Å². The predicted octanol–water partition coefficient (Wildman–Crippen LogP) is 3.14.